The largest absolute Gasteiger partial charge is 0.382 e. The van der Waals surface area contributed by atoms with E-state index in [9.17, 15) is 0 Å². The average molecular weight is 375 g/mol. The van der Waals surface area contributed by atoms with Crippen molar-refractivity contribution in [2.45, 2.75) is 25.8 Å². The number of nitrogens with zero attached hydrogens (tertiary/aromatic N) is 3. The zero-order valence-corrected chi connectivity index (χ0v) is 17.0. The van der Waals surface area contributed by atoms with Gasteiger partial charge in [0, 0.05) is 58.0 Å². The van der Waals surface area contributed by atoms with E-state index in [0.29, 0.717) is 25.2 Å². The van der Waals surface area contributed by atoms with Crippen molar-refractivity contribution in [3.8, 4) is 0 Å². The number of fused-ring (bicyclic) bond motifs is 1. The Morgan fingerprint density at radius 3 is 2.96 bits per heavy atom. The summed E-state index contributed by atoms with van der Waals surface area (Å²) < 4.78 is 10.7. The number of para-hydroxylation sites is 1. The molecule has 0 amide bonds. The van der Waals surface area contributed by atoms with E-state index in [1.165, 1.54) is 11.3 Å². The lowest BCUT2D eigenvalue weighted by atomic mass is 10.1. The van der Waals surface area contributed by atoms with Crippen molar-refractivity contribution in [2.24, 2.45) is 10.9 Å². The van der Waals surface area contributed by atoms with E-state index in [1.54, 1.807) is 7.11 Å². The maximum Gasteiger partial charge on any atom is 0.193 e. The zero-order valence-electron chi connectivity index (χ0n) is 17.0. The van der Waals surface area contributed by atoms with Crippen LogP contribution < -0.4 is 10.2 Å². The van der Waals surface area contributed by atoms with Crippen molar-refractivity contribution in [2.75, 3.05) is 65.1 Å². The summed E-state index contributed by atoms with van der Waals surface area (Å²) in [7, 11) is 3.58. The first-order valence-electron chi connectivity index (χ1n) is 10.1. The minimum Gasteiger partial charge on any atom is -0.382 e. The minimum absolute atomic E-state index is 0.562. The van der Waals surface area contributed by atoms with E-state index in [4.69, 9.17) is 9.47 Å². The third-order valence-electron chi connectivity index (χ3n) is 5.57. The smallest absolute Gasteiger partial charge is 0.193 e. The molecule has 27 heavy (non-hydrogen) atoms. The molecule has 6 nitrogen and oxygen atoms in total. The van der Waals surface area contributed by atoms with Crippen LogP contribution in [0, 0.1) is 5.92 Å². The van der Waals surface area contributed by atoms with Gasteiger partial charge in [0.25, 0.3) is 0 Å². The highest BCUT2D eigenvalue weighted by Crippen LogP contribution is 2.31. The van der Waals surface area contributed by atoms with E-state index in [2.05, 4.69) is 51.3 Å². The lowest BCUT2D eigenvalue weighted by Gasteiger charge is -2.27. The van der Waals surface area contributed by atoms with Crippen LogP contribution in [-0.2, 0) is 15.9 Å². The summed E-state index contributed by atoms with van der Waals surface area (Å²) in [6, 6.07) is 9.32. The summed E-state index contributed by atoms with van der Waals surface area (Å²) in [6.07, 6.45) is 2.30. The molecule has 6 heteroatoms. The molecule has 1 saturated heterocycles. The van der Waals surface area contributed by atoms with Gasteiger partial charge in [0.05, 0.1) is 19.8 Å². The van der Waals surface area contributed by atoms with E-state index >= 15 is 0 Å². The molecule has 0 aliphatic carbocycles. The fraction of sp³-hybridized carbons (Fsp3) is 0.667. The van der Waals surface area contributed by atoms with Crippen LogP contribution in [0.1, 0.15) is 18.9 Å². The highest BCUT2D eigenvalue weighted by atomic mass is 16.5. The molecule has 2 unspecified atom stereocenters. The van der Waals surface area contributed by atoms with Gasteiger partial charge in [0.15, 0.2) is 5.96 Å². The number of guanidine groups is 1. The molecular weight excluding hydrogens is 340 g/mol. The van der Waals surface area contributed by atoms with Gasteiger partial charge >= 0.3 is 0 Å². The molecule has 1 aromatic rings. The molecule has 1 fully saturated rings. The van der Waals surface area contributed by atoms with Crippen molar-refractivity contribution < 1.29 is 9.47 Å². The maximum atomic E-state index is 5.69. The van der Waals surface area contributed by atoms with E-state index in [0.717, 1.165) is 51.6 Å². The number of aliphatic imine (C=N–C) groups is 1. The number of hydrogen-bond acceptors (Lipinski definition) is 4. The van der Waals surface area contributed by atoms with Crippen LogP contribution >= 0.6 is 0 Å². The average Bonchev–Trinajstić information content (AvgIpc) is 3.27. The normalized spacial score (nSPS) is 22.4. The number of anilines is 1. The zero-order chi connectivity index (χ0) is 19.1. The second-order valence-corrected chi connectivity index (χ2v) is 7.52. The van der Waals surface area contributed by atoms with Crippen LogP contribution in [-0.4, -0.2) is 77.1 Å². The van der Waals surface area contributed by atoms with Crippen LogP contribution in [0.3, 0.4) is 0 Å². The van der Waals surface area contributed by atoms with Crippen LogP contribution in [0.25, 0.3) is 0 Å². The molecule has 1 aromatic carbocycles. The molecular formula is C21H34N4O2. The SMILES string of the molecule is CN=C(NCCN1c2ccccc2CC1C)N1CCC(COCCOC)C1. The molecule has 2 heterocycles. The van der Waals surface area contributed by atoms with Gasteiger partial charge in [0.1, 0.15) is 0 Å². The molecule has 0 bridgehead atoms. The molecule has 0 spiro atoms. The Kier molecular flexibility index (Phi) is 7.35. The Balaban J connectivity index is 1.42. The first-order valence-corrected chi connectivity index (χ1v) is 10.1. The van der Waals surface area contributed by atoms with Crippen LogP contribution in [0.2, 0.25) is 0 Å². The van der Waals surface area contributed by atoms with E-state index in [-0.39, 0.29) is 0 Å². The number of ether oxygens (including phenoxy) is 2. The van der Waals surface area contributed by atoms with Gasteiger partial charge in [-0.1, -0.05) is 18.2 Å². The van der Waals surface area contributed by atoms with E-state index < -0.39 is 0 Å². The molecule has 150 valence electrons. The third kappa shape index (κ3) is 5.14. The highest BCUT2D eigenvalue weighted by molar-refractivity contribution is 5.80. The third-order valence-corrected chi connectivity index (χ3v) is 5.57. The second kappa shape index (κ2) is 9.95. The predicted molar refractivity (Wildman–Crippen MR) is 111 cm³/mol. The van der Waals surface area contributed by atoms with Gasteiger partial charge in [-0.15, -0.1) is 0 Å². The van der Waals surface area contributed by atoms with Gasteiger partial charge in [-0.3, -0.25) is 4.99 Å². The molecule has 1 N–H and O–H groups in total. The van der Waals surface area contributed by atoms with Crippen LogP contribution in [0.5, 0.6) is 0 Å². The van der Waals surface area contributed by atoms with Gasteiger partial charge in [-0.2, -0.15) is 0 Å². The number of rotatable bonds is 8. The van der Waals surface area contributed by atoms with Crippen molar-refractivity contribution >= 4 is 11.6 Å². The van der Waals surface area contributed by atoms with Gasteiger partial charge in [0.2, 0.25) is 0 Å². The number of hydrogen-bond donors (Lipinski definition) is 1. The van der Waals surface area contributed by atoms with Gasteiger partial charge < -0.3 is 24.6 Å². The Morgan fingerprint density at radius 1 is 1.30 bits per heavy atom. The summed E-state index contributed by atoms with van der Waals surface area (Å²) >= 11 is 0. The van der Waals surface area contributed by atoms with Crippen molar-refractivity contribution in [1.29, 1.82) is 0 Å². The lowest BCUT2D eigenvalue weighted by molar-refractivity contribution is 0.0536. The predicted octanol–water partition coefficient (Wildman–Crippen LogP) is 2.00. The summed E-state index contributed by atoms with van der Waals surface area (Å²) in [5, 5.41) is 3.56. The van der Waals surface area contributed by atoms with Crippen molar-refractivity contribution in [3.63, 3.8) is 0 Å². The Labute approximate surface area is 163 Å². The first kappa shape index (κ1) is 20.0. The van der Waals surface area contributed by atoms with Crippen LogP contribution in [0.15, 0.2) is 29.3 Å². The maximum absolute atomic E-state index is 5.69. The fourth-order valence-corrected chi connectivity index (χ4v) is 4.14. The number of methoxy groups -OCH3 is 1. The monoisotopic (exact) mass is 374 g/mol. The Hall–Kier alpha value is -1.79. The molecule has 0 aromatic heterocycles. The second-order valence-electron chi connectivity index (χ2n) is 7.52. The van der Waals surface area contributed by atoms with E-state index in [1.807, 2.05) is 7.05 Å². The van der Waals surface area contributed by atoms with Gasteiger partial charge in [-0.25, -0.2) is 0 Å². The Bertz CT molecular complexity index is 622. The molecule has 0 radical (unpaired) electrons. The Morgan fingerprint density at radius 2 is 2.15 bits per heavy atom. The summed E-state index contributed by atoms with van der Waals surface area (Å²) in [6.45, 7) is 8.40. The molecule has 2 aliphatic heterocycles. The molecule has 2 aliphatic rings. The lowest BCUT2D eigenvalue weighted by Crippen LogP contribution is -2.44. The number of likely N-dealkylation sites (tertiary alicyclic amines) is 1. The standard InChI is InChI=1S/C21H34N4O2/c1-17-14-19-6-4-5-7-20(19)25(17)11-9-23-21(22-2)24-10-8-18(15-24)16-27-13-12-26-3/h4-7,17-18H,8-16H2,1-3H3,(H,22,23). The summed E-state index contributed by atoms with van der Waals surface area (Å²) in [5.41, 5.74) is 2.85. The number of nitrogens with one attached hydrogen (secondary N) is 1. The molecule has 2 atom stereocenters. The minimum atomic E-state index is 0.562. The van der Waals surface area contributed by atoms with Crippen molar-refractivity contribution in [1.82, 2.24) is 10.2 Å². The molecule has 0 saturated carbocycles. The summed E-state index contributed by atoms with van der Waals surface area (Å²) in [4.78, 5) is 9.35. The summed E-state index contributed by atoms with van der Waals surface area (Å²) in [5.74, 6) is 1.58. The van der Waals surface area contributed by atoms with Crippen LogP contribution in [0.4, 0.5) is 5.69 Å². The highest BCUT2D eigenvalue weighted by Gasteiger charge is 2.27. The topological polar surface area (TPSA) is 49.3 Å². The first-order chi connectivity index (χ1) is 13.2. The number of benzene rings is 1. The molecule has 3 rings (SSSR count). The van der Waals surface area contributed by atoms with Crippen molar-refractivity contribution in [3.05, 3.63) is 29.8 Å². The quantitative estimate of drug-likeness (QED) is 0.428. The fourth-order valence-electron chi connectivity index (χ4n) is 4.14. The van der Waals surface area contributed by atoms with Gasteiger partial charge in [-0.05, 0) is 31.4 Å².